The SMILES string of the molecule is O=C(c1ccoc1)N1C[C@H]2CC34CCC1C2C31CCN(CC2CC2)C4Cc2ccc(O)cc21. The van der Waals surface area contributed by atoms with Crippen LogP contribution in [0.1, 0.15) is 60.0 Å². The van der Waals surface area contributed by atoms with Gasteiger partial charge in [-0.3, -0.25) is 9.69 Å². The quantitative estimate of drug-likeness (QED) is 0.771. The Morgan fingerprint density at radius 3 is 2.91 bits per heavy atom. The van der Waals surface area contributed by atoms with Gasteiger partial charge in [0.15, 0.2) is 0 Å². The van der Waals surface area contributed by atoms with E-state index in [1.54, 1.807) is 12.5 Å². The maximum atomic E-state index is 13.5. The molecule has 2 aromatic rings. The van der Waals surface area contributed by atoms with E-state index in [-0.39, 0.29) is 11.3 Å². The van der Waals surface area contributed by atoms with Gasteiger partial charge in [0.25, 0.3) is 5.91 Å². The van der Waals surface area contributed by atoms with Crippen LogP contribution in [0, 0.1) is 23.2 Å². The molecule has 5 fully saturated rings. The molecule has 33 heavy (non-hydrogen) atoms. The molecule has 2 aliphatic heterocycles. The summed E-state index contributed by atoms with van der Waals surface area (Å²) in [4.78, 5) is 18.5. The van der Waals surface area contributed by atoms with E-state index in [9.17, 15) is 9.90 Å². The minimum atomic E-state index is 0.100. The number of benzene rings is 1. The standard InChI is InChI=1S/C28H32N2O3/c31-21-4-3-18-11-24-27-7-5-23-25(20(13-27)15-30(23)26(32)19-6-10-33-16-19)28(27,22(18)12-21)8-9-29(24)14-17-1-2-17/h3-4,6,10,12,16-17,20,23-25,31H,1-2,5,7-9,11,13-15H2/t20-,23?,24?,25?,27?,28?/m1/s1. The number of fused-ring (bicyclic) bond motifs is 1. The first kappa shape index (κ1) is 19.1. The van der Waals surface area contributed by atoms with E-state index in [0.29, 0.717) is 40.6 Å². The average molecular weight is 445 g/mol. The van der Waals surface area contributed by atoms with Gasteiger partial charge in [0.05, 0.1) is 11.8 Å². The number of amides is 1. The predicted molar refractivity (Wildman–Crippen MR) is 123 cm³/mol. The van der Waals surface area contributed by atoms with Crippen LogP contribution in [0.15, 0.2) is 41.2 Å². The largest absolute Gasteiger partial charge is 0.508 e. The van der Waals surface area contributed by atoms with E-state index in [0.717, 1.165) is 25.3 Å². The molecule has 5 nitrogen and oxygen atoms in total. The third-order valence-electron chi connectivity index (χ3n) is 10.8. The highest BCUT2D eigenvalue weighted by atomic mass is 16.3. The third kappa shape index (κ3) is 2.25. The molecule has 3 heterocycles. The smallest absolute Gasteiger partial charge is 0.257 e. The molecule has 1 amide bonds. The van der Waals surface area contributed by atoms with Crippen LogP contribution in [-0.4, -0.2) is 52.5 Å². The van der Waals surface area contributed by atoms with Crippen molar-refractivity contribution in [3.63, 3.8) is 0 Å². The number of phenolic OH excluding ortho intramolecular Hbond substituents is 1. The maximum absolute atomic E-state index is 13.5. The normalized spacial score (nSPS) is 40.5. The molecule has 4 bridgehead atoms. The van der Waals surface area contributed by atoms with Gasteiger partial charge in [-0.1, -0.05) is 6.07 Å². The minimum Gasteiger partial charge on any atom is -0.508 e. The second kappa shape index (κ2) is 6.24. The average Bonchev–Trinajstić information content (AvgIpc) is 3.24. The lowest BCUT2D eigenvalue weighted by molar-refractivity contribution is -0.102. The van der Waals surface area contributed by atoms with Crippen LogP contribution in [-0.2, 0) is 11.8 Å². The highest BCUT2D eigenvalue weighted by Crippen LogP contribution is 2.75. The number of carbonyl (C=O) groups excluding carboxylic acids is 1. The second-order valence-corrected chi connectivity index (χ2v) is 11.9. The fourth-order valence-electron chi connectivity index (χ4n) is 9.73. The van der Waals surface area contributed by atoms with Crippen molar-refractivity contribution in [3.05, 3.63) is 53.5 Å². The summed E-state index contributed by atoms with van der Waals surface area (Å²) in [6.07, 6.45) is 11.9. The van der Waals surface area contributed by atoms with E-state index in [1.165, 1.54) is 56.3 Å². The second-order valence-electron chi connectivity index (χ2n) is 11.9. The zero-order chi connectivity index (χ0) is 21.9. The van der Waals surface area contributed by atoms with Crippen molar-refractivity contribution < 1.29 is 14.3 Å². The van der Waals surface area contributed by atoms with E-state index in [1.807, 2.05) is 12.1 Å². The van der Waals surface area contributed by atoms with Gasteiger partial charge in [-0.05, 0) is 104 Å². The Kier molecular flexibility index (Phi) is 3.61. The summed E-state index contributed by atoms with van der Waals surface area (Å²) in [5.41, 5.74) is 3.97. The van der Waals surface area contributed by atoms with Crippen molar-refractivity contribution in [1.29, 1.82) is 0 Å². The highest BCUT2D eigenvalue weighted by molar-refractivity contribution is 5.94. The van der Waals surface area contributed by atoms with E-state index >= 15 is 0 Å². The molecule has 6 atom stereocenters. The molecule has 4 aliphatic carbocycles. The number of aromatic hydroxyl groups is 1. The number of hydrogen-bond acceptors (Lipinski definition) is 4. The van der Waals surface area contributed by atoms with Crippen LogP contribution >= 0.6 is 0 Å². The molecular formula is C28H32N2O3. The molecule has 3 saturated carbocycles. The molecule has 2 saturated heterocycles. The van der Waals surface area contributed by atoms with Crippen LogP contribution in [0.25, 0.3) is 0 Å². The third-order valence-corrected chi connectivity index (χ3v) is 10.8. The summed E-state index contributed by atoms with van der Waals surface area (Å²) in [7, 11) is 0. The van der Waals surface area contributed by atoms with Gasteiger partial charge in [0.1, 0.15) is 12.0 Å². The first-order chi connectivity index (χ1) is 16.1. The number of rotatable bonds is 3. The number of phenols is 1. The molecule has 0 spiro atoms. The Labute approximate surface area is 194 Å². The Balaban J connectivity index is 1.27. The van der Waals surface area contributed by atoms with Gasteiger partial charge in [-0.15, -0.1) is 0 Å². The lowest BCUT2D eigenvalue weighted by atomic mass is 9.43. The number of furan rings is 1. The monoisotopic (exact) mass is 444 g/mol. The first-order valence-electron chi connectivity index (χ1n) is 13.0. The number of carbonyl (C=O) groups is 1. The molecule has 6 aliphatic rings. The highest BCUT2D eigenvalue weighted by Gasteiger charge is 2.76. The van der Waals surface area contributed by atoms with E-state index < -0.39 is 0 Å². The van der Waals surface area contributed by atoms with Crippen molar-refractivity contribution in [2.24, 2.45) is 23.2 Å². The van der Waals surface area contributed by atoms with Gasteiger partial charge < -0.3 is 14.4 Å². The van der Waals surface area contributed by atoms with E-state index in [4.69, 9.17) is 4.42 Å². The van der Waals surface area contributed by atoms with Gasteiger partial charge in [-0.2, -0.15) is 0 Å². The maximum Gasteiger partial charge on any atom is 0.257 e. The minimum absolute atomic E-state index is 0.100. The number of piperidine rings is 1. The van der Waals surface area contributed by atoms with Crippen molar-refractivity contribution >= 4 is 5.91 Å². The van der Waals surface area contributed by atoms with Gasteiger partial charge in [0.2, 0.25) is 0 Å². The molecule has 5 unspecified atom stereocenters. The topological polar surface area (TPSA) is 56.9 Å². The number of hydrogen-bond donors (Lipinski definition) is 1. The van der Waals surface area contributed by atoms with Crippen LogP contribution in [0.4, 0.5) is 0 Å². The van der Waals surface area contributed by atoms with Crippen molar-refractivity contribution in [2.45, 2.75) is 62.4 Å². The molecule has 8 rings (SSSR count). The molecule has 172 valence electrons. The van der Waals surface area contributed by atoms with Crippen LogP contribution in [0.3, 0.4) is 0 Å². The molecule has 5 heteroatoms. The molecular weight excluding hydrogens is 412 g/mol. The van der Waals surface area contributed by atoms with Crippen molar-refractivity contribution in [1.82, 2.24) is 9.80 Å². The summed E-state index contributed by atoms with van der Waals surface area (Å²) in [5.74, 6) is 2.52. The zero-order valence-electron chi connectivity index (χ0n) is 19.1. The van der Waals surface area contributed by atoms with Crippen LogP contribution in [0.5, 0.6) is 5.75 Å². The number of likely N-dealkylation sites (tertiary alicyclic amines) is 2. The molecule has 1 aromatic heterocycles. The van der Waals surface area contributed by atoms with Gasteiger partial charge in [-0.25, -0.2) is 0 Å². The van der Waals surface area contributed by atoms with Gasteiger partial charge in [0, 0.05) is 30.6 Å². The predicted octanol–water partition coefficient (Wildman–Crippen LogP) is 4.20. The van der Waals surface area contributed by atoms with Gasteiger partial charge >= 0.3 is 0 Å². The molecule has 0 radical (unpaired) electrons. The van der Waals surface area contributed by atoms with Crippen LogP contribution in [0.2, 0.25) is 0 Å². The first-order valence-corrected chi connectivity index (χ1v) is 13.0. The fourth-order valence-corrected chi connectivity index (χ4v) is 9.73. The van der Waals surface area contributed by atoms with Crippen molar-refractivity contribution in [3.8, 4) is 5.75 Å². The summed E-state index contributed by atoms with van der Waals surface area (Å²) < 4.78 is 5.24. The Bertz CT molecular complexity index is 1140. The zero-order valence-corrected chi connectivity index (χ0v) is 19.1. The van der Waals surface area contributed by atoms with Crippen molar-refractivity contribution in [2.75, 3.05) is 19.6 Å². The van der Waals surface area contributed by atoms with E-state index in [2.05, 4.69) is 21.9 Å². The summed E-state index contributed by atoms with van der Waals surface area (Å²) in [6.45, 7) is 3.33. The Hall–Kier alpha value is -2.27. The Morgan fingerprint density at radius 2 is 2.09 bits per heavy atom. The summed E-state index contributed by atoms with van der Waals surface area (Å²) >= 11 is 0. The Morgan fingerprint density at radius 1 is 1.18 bits per heavy atom. The molecule has 1 N–H and O–H groups in total. The summed E-state index contributed by atoms with van der Waals surface area (Å²) in [6, 6.07) is 8.94. The molecule has 1 aromatic carbocycles. The summed E-state index contributed by atoms with van der Waals surface area (Å²) in [5, 5.41) is 10.6. The lowest BCUT2D eigenvalue weighted by Gasteiger charge is -2.66. The fraction of sp³-hybridized carbons (Fsp3) is 0.607. The lowest BCUT2D eigenvalue weighted by Crippen LogP contribution is -2.69. The van der Waals surface area contributed by atoms with Crippen LogP contribution < -0.4 is 0 Å². The number of nitrogens with zero attached hydrogens (tertiary/aromatic N) is 2.